The van der Waals surface area contributed by atoms with Crippen LogP contribution in [0.1, 0.15) is 5.56 Å². The van der Waals surface area contributed by atoms with E-state index in [2.05, 4.69) is 15.4 Å². The van der Waals surface area contributed by atoms with Crippen molar-refractivity contribution in [3.63, 3.8) is 0 Å². The number of nitro benzene ring substituents is 1. The molecule has 0 bridgehead atoms. The molecule has 2 aromatic heterocycles. The average Bonchev–Trinajstić information content (AvgIpc) is 3.22. The van der Waals surface area contributed by atoms with Gasteiger partial charge in [0.15, 0.2) is 0 Å². The molecule has 0 aliphatic heterocycles. The van der Waals surface area contributed by atoms with Gasteiger partial charge in [-0.15, -0.1) is 5.10 Å². The minimum absolute atomic E-state index is 0.0537. The molecule has 2 aromatic carbocycles. The van der Waals surface area contributed by atoms with E-state index in [9.17, 15) is 10.1 Å². The second-order valence-corrected chi connectivity index (χ2v) is 6.83. The van der Waals surface area contributed by atoms with Crippen molar-refractivity contribution in [1.29, 1.82) is 0 Å². The third-order valence-electron chi connectivity index (χ3n) is 4.10. The van der Waals surface area contributed by atoms with Crippen LogP contribution in [0.25, 0.3) is 16.2 Å². The van der Waals surface area contributed by atoms with Gasteiger partial charge in [-0.05, 0) is 30.7 Å². The molecule has 0 radical (unpaired) electrons. The monoisotopic (exact) mass is 381 g/mol. The van der Waals surface area contributed by atoms with E-state index in [-0.39, 0.29) is 5.69 Å². The van der Waals surface area contributed by atoms with Gasteiger partial charge in [0, 0.05) is 29.4 Å². The fourth-order valence-electron chi connectivity index (χ4n) is 2.62. The highest BCUT2D eigenvalue weighted by Crippen LogP contribution is 2.30. The van der Waals surface area contributed by atoms with E-state index in [4.69, 9.17) is 4.74 Å². The number of hydrogen-bond donors (Lipinski definition) is 1. The van der Waals surface area contributed by atoms with Crippen LogP contribution in [0.3, 0.4) is 0 Å². The number of rotatable bonds is 5. The molecular formula is C18H15N5O3S. The molecule has 0 aliphatic carbocycles. The van der Waals surface area contributed by atoms with Crippen molar-refractivity contribution in [2.75, 3.05) is 12.4 Å². The summed E-state index contributed by atoms with van der Waals surface area (Å²) in [5.41, 5.74) is 3.57. The maximum atomic E-state index is 10.8. The number of aryl methyl sites for hydroxylation is 1. The second-order valence-electron chi connectivity index (χ2n) is 5.87. The predicted molar refractivity (Wildman–Crippen MR) is 104 cm³/mol. The lowest BCUT2D eigenvalue weighted by molar-refractivity contribution is -0.384. The summed E-state index contributed by atoms with van der Waals surface area (Å²) in [6.45, 7) is 2.01. The minimum Gasteiger partial charge on any atom is -0.497 e. The zero-order valence-electron chi connectivity index (χ0n) is 14.5. The smallest absolute Gasteiger partial charge is 0.269 e. The molecule has 0 atom stereocenters. The van der Waals surface area contributed by atoms with Gasteiger partial charge < -0.3 is 10.1 Å². The van der Waals surface area contributed by atoms with Gasteiger partial charge in [-0.3, -0.25) is 10.1 Å². The quantitative estimate of drug-likeness (QED) is 0.406. The molecule has 2 heterocycles. The van der Waals surface area contributed by atoms with Crippen LogP contribution in [0.5, 0.6) is 5.75 Å². The normalized spacial score (nSPS) is 10.9. The van der Waals surface area contributed by atoms with Gasteiger partial charge in [0.2, 0.25) is 10.1 Å². The van der Waals surface area contributed by atoms with Crippen molar-refractivity contribution in [2.45, 2.75) is 6.92 Å². The number of nitrogens with one attached hydrogen (secondary N) is 1. The molecule has 0 fully saturated rings. The van der Waals surface area contributed by atoms with E-state index in [1.807, 2.05) is 25.1 Å². The zero-order valence-corrected chi connectivity index (χ0v) is 15.4. The number of imidazole rings is 1. The first-order chi connectivity index (χ1) is 13.0. The fourth-order valence-corrected chi connectivity index (χ4v) is 3.42. The summed E-state index contributed by atoms with van der Waals surface area (Å²) in [7, 11) is 1.63. The van der Waals surface area contributed by atoms with Gasteiger partial charge in [0.1, 0.15) is 5.75 Å². The lowest BCUT2D eigenvalue weighted by Gasteiger charge is -2.08. The van der Waals surface area contributed by atoms with E-state index in [1.165, 1.54) is 23.5 Å². The summed E-state index contributed by atoms with van der Waals surface area (Å²) in [4.78, 5) is 15.6. The van der Waals surface area contributed by atoms with Gasteiger partial charge in [-0.25, -0.2) is 9.50 Å². The van der Waals surface area contributed by atoms with Gasteiger partial charge in [0.25, 0.3) is 5.69 Å². The average molecular weight is 381 g/mol. The Labute approximate surface area is 158 Å². The summed E-state index contributed by atoms with van der Waals surface area (Å²) in [5.74, 6) is 0.768. The molecule has 136 valence electrons. The second kappa shape index (κ2) is 6.69. The van der Waals surface area contributed by atoms with Crippen LogP contribution in [0.15, 0.2) is 48.7 Å². The lowest BCUT2D eigenvalue weighted by atomic mass is 10.1. The Morgan fingerprint density at radius 3 is 2.67 bits per heavy atom. The number of non-ortho nitro benzene ring substituents is 1. The van der Waals surface area contributed by atoms with E-state index >= 15 is 0 Å². The number of nitro groups is 1. The van der Waals surface area contributed by atoms with Crippen LogP contribution in [-0.4, -0.2) is 26.6 Å². The van der Waals surface area contributed by atoms with Gasteiger partial charge in [-0.2, -0.15) is 0 Å². The Kier molecular flexibility index (Phi) is 4.21. The van der Waals surface area contributed by atoms with E-state index in [1.54, 1.807) is 30.0 Å². The Balaban J connectivity index is 1.60. The summed E-state index contributed by atoms with van der Waals surface area (Å²) in [6.07, 6.45) is 1.80. The molecule has 0 spiro atoms. The number of methoxy groups -OCH3 is 1. The van der Waals surface area contributed by atoms with Crippen LogP contribution in [0, 0.1) is 17.0 Å². The first-order valence-electron chi connectivity index (χ1n) is 8.06. The van der Waals surface area contributed by atoms with E-state index < -0.39 is 4.92 Å². The molecule has 0 saturated carbocycles. The Morgan fingerprint density at radius 1 is 1.22 bits per heavy atom. The van der Waals surface area contributed by atoms with Gasteiger partial charge >= 0.3 is 0 Å². The van der Waals surface area contributed by atoms with Crippen LogP contribution >= 0.6 is 11.3 Å². The highest BCUT2D eigenvalue weighted by atomic mass is 32.1. The number of benzene rings is 2. The number of nitrogens with zero attached hydrogens (tertiary/aromatic N) is 4. The summed E-state index contributed by atoms with van der Waals surface area (Å²) < 4.78 is 6.96. The number of hydrogen-bond acceptors (Lipinski definition) is 7. The largest absolute Gasteiger partial charge is 0.497 e. The molecule has 0 aliphatic rings. The molecule has 0 amide bonds. The predicted octanol–water partition coefficient (Wildman–Crippen LogP) is 4.43. The number of fused-ring (bicyclic) bond motifs is 1. The highest BCUT2D eigenvalue weighted by Gasteiger charge is 2.12. The third-order valence-corrected chi connectivity index (χ3v) is 4.94. The standard InChI is InChI=1S/C18H15N5O3S/c1-11-3-8-14(26-2)9-15(11)19-17-21-22-10-16(20-18(22)27-17)12-4-6-13(7-5-12)23(24)25/h3-10H,1-2H3,(H,19,21). The lowest BCUT2D eigenvalue weighted by Crippen LogP contribution is -1.95. The van der Waals surface area contributed by atoms with Gasteiger partial charge in [0.05, 0.1) is 23.9 Å². The number of aromatic nitrogens is 3. The maximum absolute atomic E-state index is 10.8. The number of anilines is 2. The van der Waals surface area contributed by atoms with Crippen molar-refractivity contribution >= 4 is 32.8 Å². The highest BCUT2D eigenvalue weighted by molar-refractivity contribution is 7.20. The summed E-state index contributed by atoms with van der Waals surface area (Å²) in [5, 5.41) is 19.3. The topological polar surface area (TPSA) is 94.6 Å². The molecule has 4 rings (SSSR count). The van der Waals surface area contributed by atoms with Crippen molar-refractivity contribution < 1.29 is 9.66 Å². The van der Waals surface area contributed by atoms with Crippen molar-refractivity contribution in [1.82, 2.24) is 14.6 Å². The first-order valence-corrected chi connectivity index (χ1v) is 8.88. The number of ether oxygens (including phenoxy) is 1. The summed E-state index contributed by atoms with van der Waals surface area (Å²) >= 11 is 1.42. The van der Waals surface area contributed by atoms with Crippen molar-refractivity contribution in [3.05, 3.63) is 64.3 Å². The van der Waals surface area contributed by atoms with E-state index in [0.717, 1.165) is 27.5 Å². The van der Waals surface area contributed by atoms with Crippen LogP contribution < -0.4 is 10.1 Å². The van der Waals surface area contributed by atoms with Crippen LogP contribution in [-0.2, 0) is 0 Å². The molecule has 27 heavy (non-hydrogen) atoms. The molecule has 8 nitrogen and oxygen atoms in total. The van der Waals surface area contributed by atoms with Crippen LogP contribution in [0.2, 0.25) is 0 Å². The Bertz CT molecular complexity index is 1100. The SMILES string of the molecule is COc1ccc(C)c(Nc2nn3cc(-c4ccc([N+](=O)[O-])cc4)nc3s2)c1. The third kappa shape index (κ3) is 3.32. The van der Waals surface area contributed by atoms with Crippen LogP contribution in [0.4, 0.5) is 16.5 Å². The Morgan fingerprint density at radius 2 is 2.00 bits per heavy atom. The molecule has 4 aromatic rings. The molecule has 0 unspecified atom stereocenters. The Hall–Kier alpha value is -3.46. The molecule has 9 heteroatoms. The van der Waals surface area contributed by atoms with E-state index in [0.29, 0.717) is 10.8 Å². The first kappa shape index (κ1) is 17.0. The fraction of sp³-hybridized carbons (Fsp3) is 0.111. The van der Waals surface area contributed by atoms with Gasteiger partial charge in [-0.1, -0.05) is 17.4 Å². The molecule has 0 saturated heterocycles. The molecular weight excluding hydrogens is 366 g/mol. The minimum atomic E-state index is -0.421. The van der Waals surface area contributed by atoms with Crippen molar-refractivity contribution in [3.8, 4) is 17.0 Å². The summed E-state index contributed by atoms with van der Waals surface area (Å²) in [6, 6.07) is 12.1. The maximum Gasteiger partial charge on any atom is 0.269 e. The van der Waals surface area contributed by atoms with Crippen molar-refractivity contribution in [2.24, 2.45) is 0 Å². The molecule has 1 N–H and O–H groups in total. The zero-order chi connectivity index (χ0) is 19.0.